The molecule has 1 aromatic carbocycles. The first-order chi connectivity index (χ1) is 18.8. The van der Waals surface area contributed by atoms with Gasteiger partial charge in [0, 0.05) is 56.0 Å². The Morgan fingerprint density at radius 1 is 1.13 bits per heavy atom. The summed E-state index contributed by atoms with van der Waals surface area (Å²) >= 11 is 0. The number of piperazine rings is 1. The van der Waals surface area contributed by atoms with Gasteiger partial charge in [0.2, 0.25) is 0 Å². The number of primary amides is 1. The molecule has 39 heavy (non-hydrogen) atoms. The predicted molar refractivity (Wildman–Crippen MR) is 159 cm³/mol. The van der Waals surface area contributed by atoms with Crippen LogP contribution in [0.15, 0.2) is 72.3 Å². The van der Waals surface area contributed by atoms with Crippen LogP contribution in [0.1, 0.15) is 31.1 Å². The molecule has 1 saturated heterocycles. The van der Waals surface area contributed by atoms with E-state index in [1.807, 2.05) is 31.6 Å². The van der Waals surface area contributed by atoms with Crippen LogP contribution in [0.4, 0.5) is 17.2 Å². The van der Waals surface area contributed by atoms with Gasteiger partial charge < -0.3 is 25.7 Å². The van der Waals surface area contributed by atoms with Crippen molar-refractivity contribution in [1.29, 1.82) is 0 Å². The van der Waals surface area contributed by atoms with E-state index in [0.29, 0.717) is 34.5 Å². The van der Waals surface area contributed by atoms with Gasteiger partial charge >= 0.3 is 0 Å². The highest BCUT2D eigenvalue weighted by atomic mass is 16.3. The van der Waals surface area contributed by atoms with Crippen molar-refractivity contribution in [3.8, 4) is 11.5 Å². The second-order valence-corrected chi connectivity index (χ2v) is 9.37. The summed E-state index contributed by atoms with van der Waals surface area (Å²) in [6.45, 7) is 14.0. The fourth-order valence-corrected chi connectivity index (χ4v) is 4.18. The lowest BCUT2D eigenvalue weighted by molar-refractivity contribution is 0.0999. The quantitative estimate of drug-likeness (QED) is 0.313. The number of anilines is 3. The Kier molecular flexibility index (Phi) is 10.7. The maximum atomic E-state index is 11.4. The van der Waals surface area contributed by atoms with Crippen molar-refractivity contribution >= 4 is 28.7 Å². The molecule has 4 aromatic rings. The molecule has 0 atom stereocenters. The van der Waals surface area contributed by atoms with Crippen LogP contribution in [0, 0.1) is 0 Å². The Morgan fingerprint density at radius 3 is 2.33 bits per heavy atom. The molecule has 1 amide bonds. The van der Waals surface area contributed by atoms with Crippen LogP contribution in [0.5, 0.6) is 0 Å². The number of benzene rings is 1. The van der Waals surface area contributed by atoms with Gasteiger partial charge in [0.1, 0.15) is 12.0 Å². The molecular weight excluding hydrogens is 492 g/mol. The summed E-state index contributed by atoms with van der Waals surface area (Å²) in [7, 11) is 3.75. The smallest absolute Gasteiger partial charge is 0.251 e. The lowest BCUT2D eigenvalue weighted by Crippen LogP contribution is -2.48. The highest BCUT2D eigenvalue weighted by Crippen LogP contribution is 2.27. The van der Waals surface area contributed by atoms with Gasteiger partial charge in [-0.2, -0.15) is 0 Å². The van der Waals surface area contributed by atoms with Gasteiger partial charge in [0.15, 0.2) is 17.2 Å². The summed E-state index contributed by atoms with van der Waals surface area (Å²) in [6, 6.07) is 10.6. The predicted octanol–water partition coefficient (Wildman–Crippen LogP) is 4.39. The van der Waals surface area contributed by atoms with Crippen molar-refractivity contribution in [2.75, 3.05) is 50.5 Å². The van der Waals surface area contributed by atoms with Crippen molar-refractivity contribution < 1.29 is 9.21 Å². The van der Waals surface area contributed by atoms with Crippen LogP contribution >= 0.6 is 0 Å². The molecule has 0 unspecified atom stereocenters. The number of carbonyl (C=O) groups is 1. The zero-order valence-corrected chi connectivity index (χ0v) is 23.5. The molecule has 4 heterocycles. The number of imidazole rings is 1. The van der Waals surface area contributed by atoms with E-state index in [4.69, 9.17) is 10.2 Å². The van der Waals surface area contributed by atoms with Crippen LogP contribution in [0.3, 0.4) is 0 Å². The summed E-state index contributed by atoms with van der Waals surface area (Å²) in [5.41, 5.74) is 9.13. The molecule has 3 aromatic heterocycles. The molecule has 5 rings (SSSR count). The maximum absolute atomic E-state index is 11.4. The zero-order chi connectivity index (χ0) is 28.4. The SMILES string of the molecule is C=CC.CC(C)N1CCN(c2ccc(Nc3ncc(-c4cc(C(N)=O)co4)n4ccnc34)cc2)CC1.CNC. The number of carbonyl (C=O) groups excluding carboxylic acids is 1. The number of amides is 1. The summed E-state index contributed by atoms with van der Waals surface area (Å²) in [6.07, 6.45) is 8.30. The molecule has 1 aliphatic rings. The third-order valence-corrected chi connectivity index (χ3v) is 6.10. The fourth-order valence-electron chi connectivity index (χ4n) is 4.18. The number of nitrogens with zero attached hydrogens (tertiary/aromatic N) is 5. The first-order valence-electron chi connectivity index (χ1n) is 13.0. The van der Waals surface area contributed by atoms with E-state index in [1.165, 1.54) is 12.0 Å². The topological polar surface area (TPSA) is 117 Å². The second-order valence-electron chi connectivity index (χ2n) is 9.37. The molecule has 10 nitrogen and oxygen atoms in total. The van der Waals surface area contributed by atoms with Crippen molar-refractivity contribution in [2.24, 2.45) is 5.73 Å². The summed E-state index contributed by atoms with van der Waals surface area (Å²) in [5.74, 6) is 0.583. The highest BCUT2D eigenvalue weighted by molar-refractivity contribution is 5.93. The van der Waals surface area contributed by atoms with Crippen LogP contribution in [0.2, 0.25) is 0 Å². The zero-order valence-electron chi connectivity index (χ0n) is 23.5. The van der Waals surface area contributed by atoms with Gasteiger partial charge in [0.05, 0.1) is 11.8 Å². The molecule has 0 spiro atoms. The molecule has 1 fully saturated rings. The fraction of sp³-hybridized carbons (Fsp3) is 0.345. The number of allylic oxidation sites excluding steroid dienone is 1. The minimum atomic E-state index is -0.539. The van der Waals surface area contributed by atoms with Gasteiger partial charge in [-0.25, -0.2) is 9.97 Å². The summed E-state index contributed by atoms with van der Waals surface area (Å²) in [4.78, 5) is 25.3. The summed E-state index contributed by atoms with van der Waals surface area (Å²) in [5, 5.41) is 6.11. The average Bonchev–Trinajstić information content (AvgIpc) is 3.62. The van der Waals surface area contributed by atoms with E-state index in [9.17, 15) is 4.79 Å². The van der Waals surface area contributed by atoms with E-state index in [1.54, 1.807) is 24.5 Å². The normalized spacial score (nSPS) is 13.3. The van der Waals surface area contributed by atoms with Crippen LogP contribution in [-0.4, -0.2) is 71.5 Å². The van der Waals surface area contributed by atoms with Gasteiger partial charge in [-0.3, -0.25) is 14.1 Å². The van der Waals surface area contributed by atoms with E-state index in [0.717, 1.165) is 31.9 Å². The van der Waals surface area contributed by atoms with Gasteiger partial charge in [-0.1, -0.05) is 6.08 Å². The third kappa shape index (κ3) is 7.46. The van der Waals surface area contributed by atoms with Crippen LogP contribution in [-0.2, 0) is 0 Å². The van der Waals surface area contributed by atoms with E-state index in [-0.39, 0.29) is 0 Å². The molecule has 0 aliphatic carbocycles. The summed E-state index contributed by atoms with van der Waals surface area (Å²) < 4.78 is 7.38. The molecule has 0 radical (unpaired) electrons. The van der Waals surface area contributed by atoms with E-state index >= 15 is 0 Å². The Hall–Kier alpha value is -4.15. The number of hydrogen-bond donors (Lipinski definition) is 3. The Bertz CT molecular complexity index is 1340. The molecule has 0 bridgehead atoms. The Labute approximate surface area is 230 Å². The lowest BCUT2D eigenvalue weighted by Gasteiger charge is -2.38. The third-order valence-electron chi connectivity index (χ3n) is 6.10. The Balaban J connectivity index is 0.000000643. The van der Waals surface area contributed by atoms with Crippen LogP contribution < -0.4 is 21.3 Å². The van der Waals surface area contributed by atoms with Crippen molar-refractivity contribution in [3.05, 3.63) is 73.4 Å². The minimum absolute atomic E-state index is 0.311. The average molecular weight is 533 g/mol. The largest absolute Gasteiger partial charge is 0.462 e. The van der Waals surface area contributed by atoms with Crippen molar-refractivity contribution in [1.82, 2.24) is 24.6 Å². The van der Waals surface area contributed by atoms with Crippen molar-refractivity contribution in [3.63, 3.8) is 0 Å². The standard InChI is InChI=1S/C24H27N7O2.C3H6.C2H7N/c1-16(2)29-9-11-30(12-10-29)19-5-3-18(4-6-19)28-23-24-26-7-8-31(24)20(14-27-23)21-13-17(15-33-21)22(25)32;2*1-3-2/h3-8,13-16H,9-12H2,1-2H3,(H2,25,32)(H,27,28);3H,1H2,2H3;3H,1-2H3. The molecule has 1 aliphatic heterocycles. The first-order valence-corrected chi connectivity index (χ1v) is 13.0. The molecule has 0 saturated carbocycles. The second kappa shape index (κ2) is 14.1. The maximum Gasteiger partial charge on any atom is 0.251 e. The first kappa shape index (κ1) is 29.4. The Morgan fingerprint density at radius 2 is 1.77 bits per heavy atom. The molecule has 208 valence electrons. The van der Waals surface area contributed by atoms with E-state index in [2.05, 4.69) is 75.1 Å². The van der Waals surface area contributed by atoms with Gasteiger partial charge in [-0.15, -0.1) is 6.58 Å². The lowest BCUT2D eigenvalue weighted by atomic mass is 10.2. The number of hydrogen-bond acceptors (Lipinski definition) is 8. The highest BCUT2D eigenvalue weighted by Gasteiger charge is 2.19. The number of fused-ring (bicyclic) bond motifs is 1. The monoisotopic (exact) mass is 532 g/mol. The number of rotatable bonds is 6. The number of furan rings is 1. The number of nitrogens with two attached hydrogens (primary N) is 1. The van der Waals surface area contributed by atoms with Crippen molar-refractivity contribution in [2.45, 2.75) is 26.8 Å². The van der Waals surface area contributed by atoms with Gasteiger partial charge in [0.25, 0.3) is 5.91 Å². The van der Waals surface area contributed by atoms with E-state index < -0.39 is 5.91 Å². The minimum Gasteiger partial charge on any atom is -0.462 e. The number of nitrogens with one attached hydrogen (secondary N) is 2. The van der Waals surface area contributed by atoms with Gasteiger partial charge in [-0.05, 0) is 65.2 Å². The number of aromatic nitrogens is 3. The molecule has 4 N–H and O–H groups in total. The van der Waals surface area contributed by atoms with Crippen LogP contribution in [0.25, 0.3) is 17.1 Å². The molecular formula is C29H40N8O2. The molecule has 10 heteroatoms.